The van der Waals surface area contributed by atoms with Gasteiger partial charge in [-0.2, -0.15) is 0 Å². The highest BCUT2D eigenvalue weighted by Gasteiger charge is 2.14. The SMILES string of the molecule is COCCN(CCOC)Cc1cc(C(=O)O)sc1C. The molecule has 1 aromatic rings. The number of aryl methyl sites for hydroxylation is 1. The maximum Gasteiger partial charge on any atom is 0.345 e. The van der Waals surface area contributed by atoms with Crippen LogP contribution in [0.15, 0.2) is 6.07 Å². The fraction of sp³-hybridized carbons (Fsp3) is 0.615. The summed E-state index contributed by atoms with van der Waals surface area (Å²) in [6.07, 6.45) is 0. The Hall–Kier alpha value is -0.950. The van der Waals surface area contributed by atoms with Gasteiger partial charge in [-0.25, -0.2) is 4.79 Å². The van der Waals surface area contributed by atoms with Crippen molar-refractivity contribution < 1.29 is 19.4 Å². The summed E-state index contributed by atoms with van der Waals surface area (Å²) in [5.74, 6) is -0.861. The third-order valence-corrected chi connectivity index (χ3v) is 3.93. The van der Waals surface area contributed by atoms with E-state index in [1.807, 2.05) is 6.92 Å². The van der Waals surface area contributed by atoms with Gasteiger partial charge in [0.2, 0.25) is 0 Å². The van der Waals surface area contributed by atoms with Crippen LogP contribution < -0.4 is 0 Å². The Morgan fingerprint density at radius 3 is 2.32 bits per heavy atom. The first-order chi connectivity index (χ1) is 9.08. The summed E-state index contributed by atoms with van der Waals surface area (Å²) in [6, 6.07) is 1.76. The molecule has 0 fully saturated rings. The topological polar surface area (TPSA) is 59.0 Å². The van der Waals surface area contributed by atoms with Crippen LogP contribution in [0.1, 0.15) is 20.1 Å². The molecule has 0 saturated heterocycles. The quantitative estimate of drug-likeness (QED) is 0.751. The molecule has 1 aromatic heterocycles. The summed E-state index contributed by atoms with van der Waals surface area (Å²) >= 11 is 1.32. The number of carbonyl (C=O) groups is 1. The molecule has 0 amide bonds. The molecule has 0 aliphatic carbocycles. The number of thiophene rings is 1. The summed E-state index contributed by atoms with van der Waals surface area (Å²) in [5, 5.41) is 9.00. The lowest BCUT2D eigenvalue weighted by atomic mass is 10.2. The molecule has 0 radical (unpaired) electrons. The Balaban J connectivity index is 2.68. The number of ether oxygens (including phenoxy) is 2. The van der Waals surface area contributed by atoms with Crippen LogP contribution in [0, 0.1) is 6.92 Å². The van der Waals surface area contributed by atoms with Crippen molar-refractivity contribution in [3.05, 3.63) is 21.4 Å². The molecule has 0 aromatic carbocycles. The predicted molar refractivity (Wildman–Crippen MR) is 75.0 cm³/mol. The average Bonchev–Trinajstić information content (AvgIpc) is 2.74. The molecule has 1 N–H and O–H groups in total. The molecule has 0 aliphatic rings. The van der Waals surface area contributed by atoms with Gasteiger partial charge in [0.25, 0.3) is 0 Å². The summed E-state index contributed by atoms with van der Waals surface area (Å²) in [5.41, 5.74) is 1.06. The number of nitrogens with zero attached hydrogens (tertiary/aromatic N) is 1. The van der Waals surface area contributed by atoms with Crippen LogP contribution in [0.5, 0.6) is 0 Å². The first-order valence-electron chi connectivity index (χ1n) is 6.11. The van der Waals surface area contributed by atoms with Crippen molar-refractivity contribution in [1.29, 1.82) is 0 Å². The van der Waals surface area contributed by atoms with E-state index in [0.717, 1.165) is 30.1 Å². The molecule has 0 saturated carbocycles. The number of carboxylic acids is 1. The van der Waals surface area contributed by atoms with Crippen molar-refractivity contribution in [2.45, 2.75) is 13.5 Å². The number of rotatable bonds is 9. The highest BCUT2D eigenvalue weighted by atomic mass is 32.1. The van der Waals surface area contributed by atoms with Crippen LogP contribution in [-0.4, -0.2) is 56.5 Å². The van der Waals surface area contributed by atoms with Gasteiger partial charge in [-0.1, -0.05) is 0 Å². The Morgan fingerprint density at radius 1 is 1.32 bits per heavy atom. The number of hydrogen-bond donors (Lipinski definition) is 1. The van der Waals surface area contributed by atoms with Crippen LogP contribution in [0.3, 0.4) is 0 Å². The minimum absolute atomic E-state index is 0.394. The summed E-state index contributed by atoms with van der Waals surface area (Å²) < 4.78 is 10.2. The smallest absolute Gasteiger partial charge is 0.345 e. The largest absolute Gasteiger partial charge is 0.477 e. The molecule has 1 rings (SSSR count). The molecular formula is C13H21NO4S. The van der Waals surface area contributed by atoms with Gasteiger partial charge in [0, 0.05) is 38.7 Å². The number of carboxylic acid groups (broad SMARTS) is 1. The molecular weight excluding hydrogens is 266 g/mol. The predicted octanol–water partition coefficient (Wildman–Crippen LogP) is 1.85. The van der Waals surface area contributed by atoms with Crippen LogP contribution in [-0.2, 0) is 16.0 Å². The van der Waals surface area contributed by atoms with Crippen LogP contribution in [0.4, 0.5) is 0 Å². The van der Waals surface area contributed by atoms with E-state index in [1.165, 1.54) is 11.3 Å². The van der Waals surface area contributed by atoms with Crippen molar-refractivity contribution in [3.8, 4) is 0 Å². The van der Waals surface area contributed by atoms with Gasteiger partial charge < -0.3 is 14.6 Å². The molecule has 6 heteroatoms. The monoisotopic (exact) mass is 287 g/mol. The van der Waals surface area contributed by atoms with Crippen molar-refractivity contribution in [2.75, 3.05) is 40.5 Å². The number of methoxy groups -OCH3 is 2. The van der Waals surface area contributed by atoms with E-state index in [9.17, 15) is 4.79 Å². The molecule has 5 nitrogen and oxygen atoms in total. The summed E-state index contributed by atoms with van der Waals surface area (Å²) in [6.45, 7) is 5.59. The Bertz CT molecular complexity index is 397. The van der Waals surface area contributed by atoms with Crippen molar-refractivity contribution in [2.24, 2.45) is 0 Å². The molecule has 0 aliphatic heterocycles. The second-order valence-corrected chi connectivity index (χ2v) is 5.52. The van der Waals surface area contributed by atoms with Gasteiger partial charge in [-0.05, 0) is 18.6 Å². The van der Waals surface area contributed by atoms with Gasteiger partial charge in [-0.3, -0.25) is 4.90 Å². The highest BCUT2D eigenvalue weighted by Crippen LogP contribution is 2.22. The van der Waals surface area contributed by atoms with Crippen LogP contribution in [0.25, 0.3) is 0 Å². The molecule has 108 valence electrons. The van der Waals surface area contributed by atoms with Crippen LogP contribution in [0.2, 0.25) is 0 Å². The minimum Gasteiger partial charge on any atom is -0.477 e. The van der Waals surface area contributed by atoms with Gasteiger partial charge in [0.1, 0.15) is 4.88 Å². The lowest BCUT2D eigenvalue weighted by molar-refractivity contribution is 0.0702. The van der Waals surface area contributed by atoms with E-state index in [-0.39, 0.29) is 0 Å². The standard InChI is InChI=1S/C13H21NO4S/c1-10-11(8-12(19-10)13(15)16)9-14(4-6-17-2)5-7-18-3/h8H,4-7,9H2,1-3H3,(H,15,16). The van der Waals surface area contributed by atoms with E-state index in [2.05, 4.69) is 4.90 Å². The van der Waals surface area contributed by atoms with Crippen molar-refractivity contribution >= 4 is 17.3 Å². The van der Waals surface area contributed by atoms with Gasteiger partial charge in [0.05, 0.1) is 13.2 Å². The molecule has 1 heterocycles. The van der Waals surface area contributed by atoms with E-state index in [0.29, 0.717) is 18.1 Å². The van der Waals surface area contributed by atoms with Crippen molar-refractivity contribution in [3.63, 3.8) is 0 Å². The molecule has 0 spiro atoms. The van der Waals surface area contributed by atoms with E-state index >= 15 is 0 Å². The lowest BCUT2D eigenvalue weighted by Crippen LogP contribution is -2.30. The zero-order chi connectivity index (χ0) is 14.3. The summed E-state index contributed by atoms with van der Waals surface area (Å²) in [7, 11) is 3.35. The van der Waals surface area contributed by atoms with Crippen LogP contribution >= 0.6 is 11.3 Å². The average molecular weight is 287 g/mol. The van der Waals surface area contributed by atoms with Crippen molar-refractivity contribution in [1.82, 2.24) is 4.90 Å². The Kier molecular flexibility index (Phi) is 7.01. The maximum atomic E-state index is 11.0. The zero-order valence-electron chi connectivity index (χ0n) is 11.6. The van der Waals surface area contributed by atoms with Gasteiger partial charge >= 0.3 is 5.97 Å². The Labute approximate surface area is 117 Å². The Morgan fingerprint density at radius 2 is 1.89 bits per heavy atom. The maximum absolute atomic E-state index is 11.0. The molecule has 0 bridgehead atoms. The third kappa shape index (κ3) is 5.28. The fourth-order valence-corrected chi connectivity index (χ4v) is 2.61. The second kappa shape index (κ2) is 8.27. The fourth-order valence-electron chi connectivity index (χ4n) is 1.73. The van der Waals surface area contributed by atoms with E-state index in [4.69, 9.17) is 14.6 Å². The normalized spacial score (nSPS) is 11.2. The number of hydrogen-bond acceptors (Lipinski definition) is 5. The van der Waals surface area contributed by atoms with Gasteiger partial charge in [0.15, 0.2) is 0 Å². The highest BCUT2D eigenvalue weighted by molar-refractivity contribution is 7.14. The first kappa shape index (κ1) is 16.1. The van der Waals surface area contributed by atoms with E-state index in [1.54, 1.807) is 20.3 Å². The molecule has 19 heavy (non-hydrogen) atoms. The molecule has 0 atom stereocenters. The van der Waals surface area contributed by atoms with Gasteiger partial charge in [-0.15, -0.1) is 11.3 Å². The number of aromatic carboxylic acids is 1. The first-order valence-corrected chi connectivity index (χ1v) is 6.93. The minimum atomic E-state index is -0.861. The lowest BCUT2D eigenvalue weighted by Gasteiger charge is -2.21. The summed E-state index contributed by atoms with van der Waals surface area (Å²) in [4.78, 5) is 14.6. The third-order valence-electron chi connectivity index (χ3n) is 2.85. The zero-order valence-corrected chi connectivity index (χ0v) is 12.5. The second-order valence-electron chi connectivity index (χ2n) is 4.26. The molecule has 0 unspecified atom stereocenters. The van der Waals surface area contributed by atoms with E-state index < -0.39 is 5.97 Å².